The maximum absolute atomic E-state index is 10.7. The third kappa shape index (κ3) is 3.30. The number of hydrogen-bond acceptors (Lipinski definition) is 5. The molecule has 0 unspecified atom stereocenters. The molecule has 0 aliphatic rings. The van der Waals surface area contributed by atoms with Gasteiger partial charge in [-0.15, -0.1) is 0 Å². The van der Waals surface area contributed by atoms with Crippen LogP contribution in [0.5, 0.6) is 11.6 Å². The lowest BCUT2D eigenvalue weighted by Crippen LogP contribution is -2.04. The van der Waals surface area contributed by atoms with E-state index in [-0.39, 0.29) is 5.69 Å². The van der Waals surface area contributed by atoms with Gasteiger partial charge in [-0.3, -0.25) is 10.1 Å². The van der Waals surface area contributed by atoms with Crippen LogP contribution in [0.15, 0.2) is 36.5 Å². The van der Waals surface area contributed by atoms with Crippen molar-refractivity contribution in [2.24, 2.45) is 0 Å². The molecule has 2 aromatic rings. The Hall–Kier alpha value is -2.47. The van der Waals surface area contributed by atoms with Crippen LogP contribution in [0.25, 0.3) is 0 Å². The fourth-order valence-corrected chi connectivity index (χ4v) is 1.81. The average Bonchev–Trinajstić information content (AvgIpc) is 2.39. The maximum Gasteiger partial charge on any atom is 0.290 e. The molecule has 1 heterocycles. The Bertz CT molecular complexity index is 629. The van der Waals surface area contributed by atoms with E-state index in [4.69, 9.17) is 4.74 Å². The number of pyridine rings is 1. The molecule has 1 aromatic carbocycles. The first-order valence-corrected chi connectivity index (χ1v) is 6.12. The summed E-state index contributed by atoms with van der Waals surface area (Å²) < 4.78 is 5.62. The highest BCUT2D eigenvalue weighted by molar-refractivity contribution is 5.40. The van der Waals surface area contributed by atoms with Crippen molar-refractivity contribution in [3.8, 4) is 11.6 Å². The molecule has 6 heteroatoms. The molecule has 0 amide bonds. The van der Waals surface area contributed by atoms with Gasteiger partial charge in [-0.1, -0.05) is 12.1 Å². The molecule has 6 nitrogen and oxygen atoms in total. The number of aromatic nitrogens is 1. The van der Waals surface area contributed by atoms with Gasteiger partial charge in [0.15, 0.2) is 0 Å². The van der Waals surface area contributed by atoms with E-state index < -0.39 is 4.92 Å². The summed E-state index contributed by atoms with van der Waals surface area (Å²) in [5.74, 6) is 0.994. The van der Waals surface area contributed by atoms with Gasteiger partial charge in [-0.25, -0.2) is 4.98 Å². The minimum absolute atomic E-state index is 0.0127. The molecule has 0 aliphatic heterocycles. The van der Waals surface area contributed by atoms with Crippen molar-refractivity contribution >= 4 is 5.69 Å². The zero-order chi connectivity index (χ0) is 14.5. The lowest BCUT2D eigenvalue weighted by molar-refractivity contribution is -0.385. The molecule has 20 heavy (non-hydrogen) atoms. The number of aryl methyl sites for hydroxylation is 1. The van der Waals surface area contributed by atoms with E-state index in [1.165, 1.54) is 6.20 Å². The van der Waals surface area contributed by atoms with Gasteiger partial charge in [0.2, 0.25) is 5.88 Å². The van der Waals surface area contributed by atoms with Crippen molar-refractivity contribution < 1.29 is 9.66 Å². The SMILES string of the molecule is CNCc1cccc(Oc2cc(C)c([N+](=O)[O-])cn2)c1. The number of nitrogens with one attached hydrogen (secondary N) is 1. The van der Waals surface area contributed by atoms with Crippen LogP contribution in [0.4, 0.5) is 5.69 Å². The first-order valence-electron chi connectivity index (χ1n) is 6.12. The van der Waals surface area contributed by atoms with Gasteiger partial charge in [0, 0.05) is 18.2 Å². The van der Waals surface area contributed by atoms with Crippen LogP contribution >= 0.6 is 0 Å². The van der Waals surface area contributed by atoms with Gasteiger partial charge < -0.3 is 10.1 Å². The topological polar surface area (TPSA) is 77.3 Å². The molecule has 0 fully saturated rings. The zero-order valence-electron chi connectivity index (χ0n) is 11.3. The van der Waals surface area contributed by atoms with Gasteiger partial charge in [0.1, 0.15) is 11.9 Å². The number of rotatable bonds is 5. The predicted molar refractivity (Wildman–Crippen MR) is 74.9 cm³/mol. The van der Waals surface area contributed by atoms with Crippen LogP contribution in [-0.4, -0.2) is 17.0 Å². The molecule has 1 aromatic heterocycles. The third-order valence-corrected chi connectivity index (χ3v) is 2.76. The summed E-state index contributed by atoms with van der Waals surface area (Å²) in [6.07, 6.45) is 1.21. The Morgan fingerprint density at radius 2 is 2.20 bits per heavy atom. The molecular formula is C14H15N3O3. The van der Waals surface area contributed by atoms with Crippen molar-refractivity contribution in [2.45, 2.75) is 13.5 Å². The van der Waals surface area contributed by atoms with Crippen molar-refractivity contribution in [3.05, 3.63) is 57.8 Å². The maximum atomic E-state index is 10.7. The van der Waals surface area contributed by atoms with Gasteiger partial charge in [0.05, 0.1) is 4.92 Å². The van der Waals surface area contributed by atoms with E-state index in [9.17, 15) is 10.1 Å². The van der Waals surface area contributed by atoms with Crippen LogP contribution in [0, 0.1) is 17.0 Å². The number of ether oxygens (including phenoxy) is 1. The minimum Gasteiger partial charge on any atom is -0.439 e. The minimum atomic E-state index is -0.459. The van der Waals surface area contributed by atoms with E-state index in [1.54, 1.807) is 13.0 Å². The molecule has 0 saturated heterocycles. The summed E-state index contributed by atoms with van der Waals surface area (Å²) >= 11 is 0. The lowest BCUT2D eigenvalue weighted by atomic mass is 10.2. The first kappa shape index (κ1) is 14.0. The molecule has 104 valence electrons. The van der Waals surface area contributed by atoms with Gasteiger partial charge in [0.25, 0.3) is 5.69 Å². The fourth-order valence-electron chi connectivity index (χ4n) is 1.81. The van der Waals surface area contributed by atoms with Crippen LogP contribution in [0.2, 0.25) is 0 Å². The van der Waals surface area contributed by atoms with Crippen molar-refractivity contribution in [1.29, 1.82) is 0 Å². The van der Waals surface area contributed by atoms with E-state index in [0.29, 0.717) is 17.2 Å². The first-order chi connectivity index (χ1) is 9.60. The second-order valence-corrected chi connectivity index (χ2v) is 4.35. The van der Waals surface area contributed by atoms with Crippen molar-refractivity contribution in [2.75, 3.05) is 7.05 Å². The Labute approximate surface area is 116 Å². The quantitative estimate of drug-likeness (QED) is 0.669. The van der Waals surface area contributed by atoms with E-state index in [2.05, 4.69) is 10.3 Å². The second-order valence-electron chi connectivity index (χ2n) is 4.35. The van der Waals surface area contributed by atoms with Crippen LogP contribution in [-0.2, 0) is 6.54 Å². The summed E-state index contributed by atoms with van der Waals surface area (Å²) in [5, 5.41) is 13.8. The monoisotopic (exact) mass is 273 g/mol. The second kappa shape index (κ2) is 6.12. The largest absolute Gasteiger partial charge is 0.439 e. The molecule has 0 spiro atoms. The lowest BCUT2D eigenvalue weighted by Gasteiger charge is -2.07. The molecule has 0 bridgehead atoms. The smallest absolute Gasteiger partial charge is 0.290 e. The molecule has 2 rings (SSSR count). The molecule has 0 radical (unpaired) electrons. The molecule has 1 N–H and O–H groups in total. The highest BCUT2D eigenvalue weighted by Crippen LogP contribution is 2.25. The Morgan fingerprint density at radius 3 is 2.85 bits per heavy atom. The fraction of sp³-hybridized carbons (Fsp3) is 0.214. The number of hydrogen-bond donors (Lipinski definition) is 1. The third-order valence-electron chi connectivity index (χ3n) is 2.76. The summed E-state index contributed by atoms with van der Waals surface area (Å²) in [7, 11) is 1.87. The van der Waals surface area contributed by atoms with Crippen LogP contribution in [0.3, 0.4) is 0 Å². The number of nitrogens with zero attached hydrogens (tertiary/aromatic N) is 2. The normalized spacial score (nSPS) is 10.3. The Balaban J connectivity index is 2.19. The average molecular weight is 273 g/mol. The van der Waals surface area contributed by atoms with Crippen LogP contribution < -0.4 is 10.1 Å². The highest BCUT2D eigenvalue weighted by Gasteiger charge is 2.12. The Kier molecular flexibility index (Phi) is 4.27. The highest BCUT2D eigenvalue weighted by atomic mass is 16.6. The number of benzene rings is 1. The summed E-state index contributed by atoms with van der Waals surface area (Å²) in [5.41, 5.74) is 1.59. The Morgan fingerprint density at radius 1 is 1.40 bits per heavy atom. The summed E-state index contributed by atoms with van der Waals surface area (Å²) in [6.45, 7) is 2.40. The zero-order valence-corrected chi connectivity index (χ0v) is 11.3. The van der Waals surface area contributed by atoms with E-state index in [0.717, 1.165) is 12.1 Å². The van der Waals surface area contributed by atoms with Crippen LogP contribution in [0.1, 0.15) is 11.1 Å². The van der Waals surface area contributed by atoms with Gasteiger partial charge in [-0.05, 0) is 31.7 Å². The number of nitro groups is 1. The van der Waals surface area contributed by atoms with E-state index >= 15 is 0 Å². The summed E-state index contributed by atoms with van der Waals surface area (Å²) in [6, 6.07) is 9.15. The molecule has 0 aliphatic carbocycles. The van der Waals surface area contributed by atoms with Gasteiger partial charge in [-0.2, -0.15) is 0 Å². The molecular weight excluding hydrogens is 258 g/mol. The van der Waals surface area contributed by atoms with Crippen molar-refractivity contribution in [1.82, 2.24) is 10.3 Å². The molecule has 0 atom stereocenters. The van der Waals surface area contributed by atoms with E-state index in [1.807, 2.05) is 31.3 Å². The van der Waals surface area contributed by atoms with Gasteiger partial charge >= 0.3 is 0 Å². The predicted octanol–water partition coefficient (Wildman–Crippen LogP) is 2.81. The standard InChI is InChI=1S/C14H15N3O3/c1-10-6-14(16-9-13(10)17(18)19)20-12-5-3-4-11(7-12)8-15-2/h3-7,9,15H,8H2,1-2H3. The molecule has 0 saturated carbocycles. The summed E-state index contributed by atoms with van der Waals surface area (Å²) in [4.78, 5) is 14.2. The van der Waals surface area contributed by atoms with Crippen molar-refractivity contribution in [3.63, 3.8) is 0 Å².